The van der Waals surface area contributed by atoms with Gasteiger partial charge in [-0.1, -0.05) is 18.2 Å². The second kappa shape index (κ2) is 5.46. The Kier molecular flexibility index (Phi) is 3.73. The number of hydrogen-bond donors (Lipinski definition) is 2. The monoisotopic (exact) mass is 228 g/mol. The molecule has 0 aliphatic rings. The fraction of sp³-hybridized carbons (Fsp3) is 0.214. The van der Waals surface area contributed by atoms with E-state index in [2.05, 4.69) is 17.2 Å². The van der Waals surface area contributed by atoms with Gasteiger partial charge < -0.3 is 10.4 Å². The molecule has 1 aromatic carbocycles. The quantitative estimate of drug-likeness (QED) is 0.845. The maximum absolute atomic E-state index is 9.41. The van der Waals surface area contributed by atoms with E-state index in [1.54, 1.807) is 18.3 Å². The zero-order valence-corrected chi connectivity index (χ0v) is 9.80. The number of benzene rings is 1. The fourth-order valence-corrected chi connectivity index (χ4v) is 1.69. The summed E-state index contributed by atoms with van der Waals surface area (Å²) in [4.78, 5) is 4.07. The molecule has 0 aliphatic heterocycles. The number of aromatic hydroxyl groups is 1. The molecule has 0 saturated heterocycles. The van der Waals surface area contributed by atoms with Gasteiger partial charge in [0, 0.05) is 25.0 Å². The van der Waals surface area contributed by atoms with E-state index in [1.807, 2.05) is 30.5 Å². The first kappa shape index (κ1) is 11.6. The Morgan fingerprint density at radius 3 is 2.88 bits per heavy atom. The minimum absolute atomic E-state index is 0.197. The van der Waals surface area contributed by atoms with Gasteiger partial charge in [0.1, 0.15) is 5.75 Å². The van der Waals surface area contributed by atoms with Crippen molar-refractivity contribution in [2.24, 2.45) is 0 Å². The van der Waals surface area contributed by atoms with E-state index in [1.165, 1.54) is 0 Å². The van der Waals surface area contributed by atoms with Crippen molar-refractivity contribution in [1.82, 2.24) is 10.3 Å². The fourth-order valence-electron chi connectivity index (χ4n) is 1.69. The average molecular weight is 228 g/mol. The summed E-state index contributed by atoms with van der Waals surface area (Å²) in [5, 5.41) is 12.8. The van der Waals surface area contributed by atoms with Crippen molar-refractivity contribution < 1.29 is 5.11 Å². The molecule has 0 spiro atoms. The first-order valence-electron chi connectivity index (χ1n) is 5.67. The summed E-state index contributed by atoms with van der Waals surface area (Å²) in [6.45, 7) is 2.84. The third-order valence-electron chi connectivity index (χ3n) is 2.71. The lowest BCUT2D eigenvalue weighted by Crippen LogP contribution is -2.18. The van der Waals surface area contributed by atoms with E-state index in [0.29, 0.717) is 5.75 Å². The Labute approximate surface area is 101 Å². The zero-order chi connectivity index (χ0) is 12.1. The van der Waals surface area contributed by atoms with Gasteiger partial charge in [-0.15, -0.1) is 0 Å². The SMILES string of the molecule is CC(NCc1cccnc1)c1cccc(O)c1. The molecule has 2 N–H and O–H groups in total. The summed E-state index contributed by atoms with van der Waals surface area (Å²) in [6, 6.07) is 11.5. The molecule has 0 radical (unpaired) electrons. The van der Waals surface area contributed by atoms with Gasteiger partial charge in [0.15, 0.2) is 0 Å². The number of phenols is 1. The molecule has 1 aromatic heterocycles. The summed E-state index contributed by atoms with van der Waals surface area (Å²) >= 11 is 0. The standard InChI is InChI=1S/C14H16N2O/c1-11(13-5-2-6-14(17)8-13)16-10-12-4-3-7-15-9-12/h2-9,11,16-17H,10H2,1H3. The van der Waals surface area contributed by atoms with Gasteiger partial charge in [0.2, 0.25) is 0 Å². The summed E-state index contributed by atoms with van der Waals surface area (Å²) in [7, 11) is 0. The van der Waals surface area contributed by atoms with Gasteiger partial charge in [-0.2, -0.15) is 0 Å². The van der Waals surface area contributed by atoms with E-state index in [4.69, 9.17) is 0 Å². The number of pyridine rings is 1. The van der Waals surface area contributed by atoms with Crippen LogP contribution < -0.4 is 5.32 Å². The van der Waals surface area contributed by atoms with E-state index in [9.17, 15) is 5.11 Å². The molecule has 2 aromatic rings. The van der Waals surface area contributed by atoms with Crippen molar-refractivity contribution in [2.45, 2.75) is 19.5 Å². The average Bonchev–Trinajstić information content (AvgIpc) is 2.37. The second-order valence-electron chi connectivity index (χ2n) is 4.06. The predicted octanol–water partition coefficient (Wildman–Crippen LogP) is 2.64. The maximum Gasteiger partial charge on any atom is 0.115 e. The van der Waals surface area contributed by atoms with Crippen molar-refractivity contribution in [1.29, 1.82) is 0 Å². The van der Waals surface area contributed by atoms with Gasteiger partial charge in [-0.05, 0) is 36.2 Å². The van der Waals surface area contributed by atoms with Crippen LogP contribution in [0, 0.1) is 0 Å². The highest BCUT2D eigenvalue weighted by Crippen LogP contribution is 2.17. The molecule has 0 aliphatic carbocycles. The molecule has 3 heteroatoms. The number of hydrogen-bond acceptors (Lipinski definition) is 3. The zero-order valence-electron chi connectivity index (χ0n) is 9.80. The Balaban J connectivity index is 1.96. The van der Waals surface area contributed by atoms with Crippen LogP contribution in [0.25, 0.3) is 0 Å². The summed E-state index contributed by atoms with van der Waals surface area (Å²) < 4.78 is 0. The van der Waals surface area contributed by atoms with Crippen molar-refractivity contribution >= 4 is 0 Å². The lowest BCUT2D eigenvalue weighted by molar-refractivity contribution is 0.472. The molecule has 88 valence electrons. The van der Waals surface area contributed by atoms with Gasteiger partial charge >= 0.3 is 0 Å². The molecule has 17 heavy (non-hydrogen) atoms. The van der Waals surface area contributed by atoms with Gasteiger partial charge in [0.25, 0.3) is 0 Å². The molecule has 2 rings (SSSR count). The highest BCUT2D eigenvalue weighted by Gasteiger charge is 2.05. The van der Waals surface area contributed by atoms with Gasteiger partial charge in [-0.3, -0.25) is 4.98 Å². The topological polar surface area (TPSA) is 45.2 Å². The van der Waals surface area contributed by atoms with E-state index < -0.39 is 0 Å². The van der Waals surface area contributed by atoms with Crippen molar-refractivity contribution in [3.8, 4) is 5.75 Å². The smallest absolute Gasteiger partial charge is 0.115 e. The molecular weight excluding hydrogens is 212 g/mol. The van der Waals surface area contributed by atoms with Crippen LogP contribution in [0.5, 0.6) is 5.75 Å². The molecule has 0 amide bonds. The lowest BCUT2D eigenvalue weighted by atomic mass is 10.1. The Morgan fingerprint density at radius 2 is 2.18 bits per heavy atom. The number of rotatable bonds is 4. The molecule has 1 atom stereocenters. The number of aromatic nitrogens is 1. The predicted molar refractivity (Wildman–Crippen MR) is 67.6 cm³/mol. The molecule has 0 fully saturated rings. The Hall–Kier alpha value is -1.87. The van der Waals surface area contributed by atoms with Crippen molar-refractivity contribution in [2.75, 3.05) is 0 Å². The van der Waals surface area contributed by atoms with Crippen LogP contribution >= 0.6 is 0 Å². The highest BCUT2D eigenvalue weighted by atomic mass is 16.3. The van der Waals surface area contributed by atoms with Crippen LogP contribution in [0.15, 0.2) is 48.8 Å². The normalized spacial score (nSPS) is 12.3. The molecular formula is C14H16N2O. The van der Waals surface area contributed by atoms with Crippen LogP contribution in [0.2, 0.25) is 0 Å². The minimum atomic E-state index is 0.197. The van der Waals surface area contributed by atoms with Crippen molar-refractivity contribution in [3.05, 3.63) is 59.9 Å². The molecule has 0 saturated carbocycles. The molecule has 1 heterocycles. The van der Waals surface area contributed by atoms with Gasteiger partial charge in [-0.25, -0.2) is 0 Å². The first-order valence-corrected chi connectivity index (χ1v) is 5.67. The van der Waals surface area contributed by atoms with Crippen molar-refractivity contribution in [3.63, 3.8) is 0 Å². The van der Waals surface area contributed by atoms with E-state index >= 15 is 0 Å². The molecule has 1 unspecified atom stereocenters. The Morgan fingerprint density at radius 1 is 1.29 bits per heavy atom. The highest BCUT2D eigenvalue weighted by molar-refractivity contribution is 5.29. The second-order valence-corrected chi connectivity index (χ2v) is 4.06. The molecule has 0 bridgehead atoms. The third-order valence-corrected chi connectivity index (χ3v) is 2.71. The number of phenolic OH excluding ortho intramolecular Hbond substituents is 1. The largest absolute Gasteiger partial charge is 0.508 e. The maximum atomic E-state index is 9.41. The first-order chi connectivity index (χ1) is 8.25. The third kappa shape index (κ3) is 3.29. The summed E-state index contributed by atoms with van der Waals surface area (Å²) in [5.74, 6) is 0.303. The lowest BCUT2D eigenvalue weighted by Gasteiger charge is -2.14. The number of nitrogens with one attached hydrogen (secondary N) is 1. The van der Waals surface area contributed by atoms with Crippen LogP contribution in [-0.4, -0.2) is 10.1 Å². The van der Waals surface area contributed by atoms with Crippen LogP contribution in [-0.2, 0) is 6.54 Å². The summed E-state index contributed by atoms with van der Waals surface area (Å²) in [6.07, 6.45) is 3.62. The van der Waals surface area contributed by atoms with E-state index in [0.717, 1.165) is 17.7 Å². The Bertz CT molecular complexity index is 471. The van der Waals surface area contributed by atoms with Crippen LogP contribution in [0.1, 0.15) is 24.1 Å². The van der Waals surface area contributed by atoms with Crippen LogP contribution in [0.3, 0.4) is 0 Å². The van der Waals surface area contributed by atoms with Crippen LogP contribution in [0.4, 0.5) is 0 Å². The molecule has 3 nitrogen and oxygen atoms in total. The minimum Gasteiger partial charge on any atom is -0.508 e. The summed E-state index contributed by atoms with van der Waals surface area (Å²) in [5.41, 5.74) is 2.23. The number of nitrogens with zero attached hydrogens (tertiary/aromatic N) is 1. The van der Waals surface area contributed by atoms with Gasteiger partial charge in [0.05, 0.1) is 0 Å². The van der Waals surface area contributed by atoms with E-state index in [-0.39, 0.29) is 6.04 Å².